The molecule has 3 nitrogen and oxygen atoms in total. The first-order chi connectivity index (χ1) is 9.17. The van der Waals surface area contributed by atoms with Crippen molar-refractivity contribution in [2.45, 2.75) is 52.0 Å². The third-order valence-corrected chi connectivity index (χ3v) is 3.19. The number of rotatable bonds is 8. The summed E-state index contributed by atoms with van der Waals surface area (Å²) >= 11 is 0. The summed E-state index contributed by atoms with van der Waals surface area (Å²) in [7, 11) is 1.44. The van der Waals surface area contributed by atoms with E-state index in [4.69, 9.17) is 4.74 Å². The van der Waals surface area contributed by atoms with Crippen LogP contribution in [0.15, 0.2) is 24.3 Å². The highest BCUT2D eigenvalue weighted by Gasteiger charge is 2.18. The molecule has 0 aliphatic heterocycles. The minimum absolute atomic E-state index is 0.182. The number of carbonyl (C=O) groups is 1. The molecule has 1 unspecified atom stereocenters. The minimum Gasteiger partial charge on any atom is -0.467 e. The molecule has 3 heteroatoms. The number of methoxy groups -OCH3 is 1. The molecule has 0 heterocycles. The first-order valence-corrected chi connectivity index (χ1v) is 7.08. The maximum Gasteiger partial charge on any atom is 0.328 e. The highest BCUT2D eigenvalue weighted by atomic mass is 16.5. The standard InChI is InChI=1S/C16H25NO2/c1-4-5-6-7-11-15(16(18)19-3)17-14-10-8-9-13(2)12-14/h8-10,12,15,17H,4-7,11H2,1-3H3. The van der Waals surface area contributed by atoms with Gasteiger partial charge in [-0.3, -0.25) is 0 Å². The number of unbranched alkanes of at least 4 members (excludes halogenated alkanes) is 3. The molecule has 0 aliphatic rings. The predicted octanol–water partition coefficient (Wildman–Crippen LogP) is 3.92. The average molecular weight is 263 g/mol. The summed E-state index contributed by atoms with van der Waals surface area (Å²) in [6.45, 7) is 4.22. The molecule has 1 aromatic carbocycles. The molecule has 0 saturated heterocycles. The fourth-order valence-electron chi connectivity index (χ4n) is 2.10. The number of hydrogen-bond donors (Lipinski definition) is 1. The number of nitrogens with one attached hydrogen (secondary N) is 1. The van der Waals surface area contributed by atoms with E-state index in [2.05, 4.69) is 12.2 Å². The van der Waals surface area contributed by atoms with Gasteiger partial charge in [0.1, 0.15) is 6.04 Å². The van der Waals surface area contributed by atoms with Gasteiger partial charge in [0.05, 0.1) is 7.11 Å². The highest BCUT2D eigenvalue weighted by molar-refractivity contribution is 5.79. The lowest BCUT2D eigenvalue weighted by Crippen LogP contribution is -2.30. The lowest BCUT2D eigenvalue weighted by Gasteiger charge is -2.18. The van der Waals surface area contributed by atoms with Crippen LogP contribution >= 0.6 is 0 Å². The second-order valence-electron chi connectivity index (χ2n) is 4.94. The molecular weight excluding hydrogens is 238 g/mol. The van der Waals surface area contributed by atoms with E-state index >= 15 is 0 Å². The number of anilines is 1. The van der Waals surface area contributed by atoms with E-state index in [0.29, 0.717) is 0 Å². The molecule has 1 aromatic rings. The molecule has 106 valence electrons. The van der Waals surface area contributed by atoms with E-state index in [1.54, 1.807) is 0 Å². The van der Waals surface area contributed by atoms with Crippen molar-refractivity contribution in [3.8, 4) is 0 Å². The van der Waals surface area contributed by atoms with Crippen LogP contribution in [0, 0.1) is 6.92 Å². The lowest BCUT2D eigenvalue weighted by atomic mass is 10.1. The van der Waals surface area contributed by atoms with Crippen molar-refractivity contribution >= 4 is 11.7 Å². The van der Waals surface area contributed by atoms with E-state index in [9.17, 15) is 4.79 Å². The van der Waals surface area contributed by atoms with Gasteiger partial charge in [-0.05, 0) is 31.0 Å². The fourth-order valence-corrected chi connectivity index (χ4v) is 2.10. The van der Waals surface area contributed by atoms with Crippen LogP contribution in [-0.2, 0) is 9.53 Å². The number of esters is 1. The molecule has 1 atom stereocenters. The maximum absolute atomic E-state index is 11.8. The summed E-state index contributed by atoms with van der Waals surface area (Å²) in [5.74, 6) is -0.182. The Morgan fingerprint density at radius 1 is 1.32 bits per heavy atom. The average Bonchev–Trinajstić information content (AvgIpc) is 2.41. The summed E-state index contributed by atoms with van der Waals surface area (Å²) in [4.78, 5) is 11.8. The smallest absolute Gasteiger partial charge is 0.328 e. The van der Waals surface area contributed by atoms with Gasteiger partial charge in [-0.25, -0.2) is 4.79 Å². The molecular formula is C16H25NO2. The Bertz CT molecular complexity index is 390. The molecule has 1 N–H and O–H groups in total. The first kappa shape index (κ1) is 15.5. The van der Waals surface area contributed by atoms with Crippen molar-refractivity contribution in [2.75, 3.05) is 12.4 Å². The molecule has 0 saturated carbocycles. The summed E-state index contributed by atoms with van der Waals surface area (Å²) < 4.78 is 4.87. The first-order valence-electron chi connectivity index (χ1n) is 7.08. The maximum atomic E-state index is 11.8. The predicted molar refractivity (Wildman–Crippen MR) is 79.4 cm³/mol. The van der Waals surface area contributed by atoms with Gasteiger partial charge < -0.3 is 10.1 Å². The Labute approximate surface area is 116 Å². The van der Waals surface area contributed by atoms with E-state index in [1.165, 1.54) is 31.9 Å². The normalized spacial score (nSPS) is 11.9. The van der Waals surface area contributed by atoms with E-state index in [1.807, 2.05) is 31.2 Å². The van der Waals surface area contributed by atoms with Gasteiger partial charge in [-0.1, -0.05) is 44.7 Å². The van der Waals surface area contributed by atoms with Crippen LogP contribution in [0.3, 0.4) is 0 Å². The van der Waals surface area contributed by atoms with E-state index in [-0.39, 0.29) is 12.0 Å². The van der Waals surface area contributed by atoms with Crippen molar-refractivity contribution in [1.29, 1.82) is 0 Å². The van der Waals surface area contributed by atoms with Gasteiger partial charge >= 0.3 is 5.97 Å². The molecule has 19 heavy (non-hydrogen) atoms. The van der Waals surface area contributed by atoms with Crippen LogP contribution in [0.5, 0.6) is 0 Å². The van der Waals surface area contributed by atoms with Crippen molar-refractivity contribution in [2.24, 2.45) is 0 Å². The van der Waals surface area contributed by atoms with Crippen LogP contribution in [-0.4, -0.2) is 19.1 Å². The summed E-state index contributed by atoms with van der Waals surface area (Å²) in [5, 5.41) is 3.27. The van der Waals surface area contributed by atoms with Crippen molar-refractivity contribution in [1.82, 2.24) is 0 Å². The summed E-state index contributed by atoms with van der Waals surface area (Å²) in [6, 6.07) is 7.81. The Hall–Kier alpha value is -1.51. The van der Waals surface area contributed by atoms with Gasteiger partial charge in [0.15, 0.2) is 0 Å². The Morgan fingerprint density at radius 2 is 2.11 bits per heavy atom. The minimum atomic E-state index is -0.247. The number of ether oxygens (including phenoxy) is 1. The zero-order valence-corrected chi connectivity index (χ0v) is 12.2. The lowest BCUT2D eigenvalue weighted by molar-refractivity contribution is -0.141. The van der Waals surface area contributed by atoms with Crippen molar-refractivity contribution < 1.29 is 9.53 Å². The van der Waals surface area contributed by atoms with Gasteiger partial charge in [0, 0.05) is 5.69 Å². The van der Waals surface area contributed by atoms with E-state index < -0.39 is 0 Å². The zero-order valence-electron chi connectivity index (χ0n) is 12.2. The Morgan fingerprint density at radius 3 is 2.74 bits per heavy atom. The van der Waals surface area contributed by atoms with Crippen molar-refractivity contribution in [3.05, 3.63) is 29.8 Å². The van der Waals surface area contributed by atoms with E-state index in [0.717, 1.165) is 18.5 Å². The van der Waals surface area contributed by atoms with Gasteiger partial charge in [0.25, 0.3) is 0 Å². The quantitative estimate of drug-likeness (QED) is 0.570. The fraction of sp³-hybridized carbons (Fsp3) is 0.562. The number of benzene rings is 1. The van der Waals surface area contributed by atoms with Crippen LogP contribution < -0.4 is 5.32 Å². The highest BCUT2D eigenvalue weighted by Crippen LogP contribution is 2.15. The Balaban J connectivity index is 2.56. The third kappa shape index (κ3) is 5.77. The second-order valence-corrected chi connectivity index (χ2v) is 4.94. The SMILES string of the molecule is CCCCCCC(Nc1cccc(C)c1)C(=O)OC. The molecule has 0 radical (unpaired) electrons. The zero-order chi connectivity index (χ0) is 14.1. The number of aryl methyl sites for hydroxylation is 1. The molecule has 1 rings (SSSR count). The second kappa shape index (κ2) is 8.57. The molecule has 0 fully saturated rings. The summed E-state index contributed by atoms with van der Waals surface area (Å²) in [6.07, 6.45) is 5.46. The molecule has 0 aromatic heterocycles. The van der Waals surface area contributed by atoms with Crippen LogP contribution in [0.25, 0.3) is 0 Å². The van der Waals surface area contributed by atoms with Gasteiger partial charge in [-0.2, -0.15) is 0 Å². The molecule has 0 amide bonds. The topological polar surface area (TPSA) is 38.3 Å². The monoisotopic (exact) mass is 263 g/mol. The third-order valence-electron chi connectivity index (χ3n) is 3.19. The summed E-state index contributed by atoms with van der Waals surface area (Å²) in [5.41, 5.74) is 2.16. The van der Waals surface area contributed by atoms with Gasteiger partial charge in [-0.15, -0.1) is 0 Å². The number of carbonyl (C=O) groups excluding carboxylic acids is 1. The van der Waals surface area contributed by atoms with Crippen LogP contribution in [0.4, 0.5) is 5.69 Å². The van der Waals surface area contributed by atoms with Crippen LogP contribution in [0.1, 0.15) is 44.6 Å². The largest absolute Gasteiger partial charge is 0.467 e. The molecule has 0 bridgehead atoms. The van der Waals surface area contributed by atoms with Crippen molar-refractivity contribution in [3.63, 3.8) is 0 Å². The van der Waals surface area contributed by atoms with Crippen LogP contribution in [0.2, 0.25) is 0 Å². The molecule has 0 aliphatic carbocycles. The molecule has 0 spiro atoms. The van der Waals surface area contributed by atoms with Gasteiger partial charge in [0.2, 0.25) is 0 Å². The Kier molecular flexibility index (Phi) is 7.01. The number of hydrogen-bond acceptors (Lipinski definition) is 3.